The Morgan fingerprint density at radius 3 is 2.29 bits per heavy atom. The van der Waals surface area contributed by atoms with Gasteiger partial charge in [0, 0.05) is 26.9 Å². The molecule has 0 amide bonds. The summed E-state index contributed by atoms with van der Waals surface area (Å²) in [5, 5.41) is 8.07. The zero-order chi connectivity index (χ0) is 18.6. The van der Waals surface area contributed by atoms with Crippen LogP contribution in [0.2, 0.25) is 6.04 Å². The van der Waals surface area contributed by atoms with Crippen LogP contribution in [0.15, 0.2) is 12.2 Å². The van der Waals surface area contributed by atoms with Crippen LogP contribution in [0.5, 0.6) is 0 Å². The highest BCUT2D eigenvalue weighted by molar-refractivity contribution is 6.70. The summed E-state index contributed by atoms with van der Waals surface area (Å²) in [4.78, 5) is 10.5. The molecule has 0 aromatic heterocycles. The molecule has 1 heterocycles. The van der Waals surface area contributed by atoms with Crippen LogP contribution in [-0.2, 0) is 23.1 Å². The molecule has 6 nitrogen and oxygen atoms in total. The fraction of sp³-hybridized carbons (Fsp3) is 0.824. The Bertz CT molecular complexity index is 379. The van der Waals surface area contributed by atoms with Crippen LogP contribution in [0, 0.1) is 0 Å². The van der Waals surface area contributed by atoms with E-state index in [9.17, 15) is 4.79 Å². The first-order valence-electron chi connectivity index (χ1n) is 8.47. The van der Waals surface area contributed by atoms with Gasteiger partial charge in [0.2, 0.25) is 0 Å². The lowest BCUT2D eigenvalue weighted by atomic mass is 10.1. The molecule has 1 N–H and O–H groups in total. The topological polar surface area (TPSA) is 74.2 Å². The first-order chi connectivity index (χ1) is 11.4. The molecule has 1 saturated heterocycles. The summed E-state index contributed by atoms with van der Waals surface area (Å²) in [6.45, 7) is 7.01. The summed E-state index contributed by atoms with van der Waals surface area (Å²) in [6.07, 6.45) is 5.70. The van der Waals surface area contributed by atoms with Gasteiger partial charge in [0.05, 0.1) is 6.61 Å². The summed E-state index contributed by atoms with van der Waals surface area (Å²) in [5.41, 5.74) is 0.350. The van der Waals surface area contributed by atoms with E-state index in [1.807, 2.05) is 0 Å². The van der Waals surface area contributed by atoms with E-state index in [0.717, 1.165) is 25.3 Å². The Balaban J connectivity index is 0.000000506. The van der Waals surface area contributed by atoms with Crippen LogP contribution in [0.1, 0.15) is 46.0 Å². The maximum Gasteiger partial charge on any atom is 0.370 e. The third-order valence-corrected chi connectivity index (χ3v) is 8.83. The van der Waals surface area contributed by atoms with E-state index >= 15 is 0 Å². The summed E-state index contributed by atoms with van der Waals surface area (Å²) in [7, 11) is 3.22. The standard InChI is InChI=1S/C11H24O3Si.C6H10O3/c1-5-8-11(12-2)9-6-7-10-15(11,13-3)14-4;1-5(2)6(8)9-4-3-7/h5-10H2,1-4H3;7H,1,3-4H2,2H3. The first-order valence-corrected chi connectivity index (χ1v) is 10.5. The third-order valence-electron chi connectivity index (χ3n) is 4.41. The van der Waals surface area contributed by atoms with Crippen molar-refractivity contribution in [2.45, 2.75) is 57.2 Å². The lowest BCUT2D eigenvalue weighted by Crippen LogP contribution is -2.64. The fourth-order valence-corrected chi connectivity index (χ4v) is 7.18. The molecule has 1 rings (SSSR count). The number of methoxy groups -OCH3 is 1. The zero-order valence-electron chi connectivity index (χ0n) is 15.9. The molecule has 7 heteroatoms. The van der Waals surface area contributed by atoms with Crippen molar-refractivity contribution in [3.63, 3.8) is 0 Å². The number of hydrogen-bond acceptors (Lipinski definition) is 6. The molecule has 0 bridgehead atoms. The van der Waals surface area contributed by atoms with Crippen molar-refractivity contribution < 1.29 is 28.2 Å². The van der Waals surface area contributed by atoms with Gasteiger partial charge in [-0.1, -0.05) is 32.8 Å². The second-order valence-corrected chi connectivity index (χ2v) is 9.69. The van der Waals surface area contributed by atoms with Crippen LogP contribution < -0.4 is 0 Å². The fourth-order valence-electron chi connectivity index (χ4n) is 3.19. The predicted octanol–water partition coefficient (Wildman–Crippen LogP) is 2.73. The van der Waals surface area contributed by atoms with Gasteiger partial charge in [0.15, 0.2) is 0 Å². The van der Waals surface area contributed by atoms with Crippen molar-refractivity contribution in [3.8, 4) is 0 Å². The van der Waals surface area contributed by atoms with Gasteiger partial charge in [0.1, 0.15) is 11.8 Å². The Kier molecular flexibility index (Phi) is 11.4. The monoisotopic (exact) mass is 362 g/mol. The van der Waals surface area contributed by atoms with Crippen molar-refractivity contribution in [1.82, 2.24) is 0 Å². The third kappa shape index (κ3) is 5.97. The largest absolute Gasteiger partial charge is 0.460 e. The van der Waals surface area contributed by atoms with E-state index in [-0.39, 0.29) is 18.4 Å². The van der Waals surface area contributed by atoms with Crippen LogP contribution in [-0.4, -0.2) is 59.4 Å². The number of rotatable bonds is 8. The Morgan fingerprint density at radius 2 is 1.88 bits per heavy atom. The molecular weight excluding hydrogens is 328 g/mol. The average molecular weight is 363 g/mol. The number of ether oxygens (including phenoxy) is 2. The number of carbonyl (C=O) groups is 1. The van der Waals surface area contributed by atoms with Gasteiger partial charge in [-0.25, -0.2) is 4.79 Å². The van der Waals surface area contributed by atoms with E-state index in [1.165, 1.54) is 12.8 Å². The van der Waals surface area contributed by atoms with Gasteiger partial charge in [0.25, 0.3) is 0 Å². The summed E-state index contributed by atoms with van der Waals surface area (Å²) in [5.74, 6) is -0.455. The first kappa shape index (κ1) is 23.3. The molecule has 0 radical (unpaired) electrons. The molecule has 142 valence electrons. The van der Waals surface area contributed by atoms with Gasteiger partial charge in [-0.3, -0.25) is 0 Å². The van der Waals surface area contributed by atoms with Crippen LogP contribution in [0.25, 0.3) is 0 Å². The molecule has 0 spiro atoms. The van der Waals surface area contributed by atoms with Crippen LogP contribution in [0.3, 0.4) is 0 Å². The van der Waals surface area contributed by atoms with E-state index in [1.54, 1.807) is 28.3 Å². The van der Waals surface area contributed by atoms with Gasteiger partial charge in [-0.05, 0) is 25.8 Å². The zero-order valence-corrected chi connectivity index (χ0v) is 16.9. The van der Waals surface area contributed by atoms with Crippen LogP contribution >= 0.6 is 0 Å². The van der Waals surface area contributed by atoms with Crippen molar-refractivity contribution in [2.24, 2.45) is 0 Å². The molecule has 0 aliphatic carbocycles. The molecule has 0 aromatic rings. The highest BCUT2D eigenvalue weighted by Gasteiger charge is 2.58. The Morgan fingerprint density at radius 1 is 1.25 bits per heavy atom. The maximum absolute atomic E-state index is 10.5. The van der Waals surface area contributed by atoms with Crippen molar-refractivity contribution in [1.29, 1.82) is 0 Å². The van der Waals surface area contributed by atoms with Crippen LogP contribution in [0.4, 0.5) is 0 Å². The maximum atomic E-state index is 10.5. The number of carbonyl (C=O) groups excluding carboxylic acids is 1. The van der Waals surface area contributed by atoms with E-state index in [2.05, 4.69) is 18.2 Å². The lowest BCUT2D eigenvalue weighted by Gasteiger charge is -2.47. The second kappa shape index (κ2) is 11.8. The Labute approximate surface area is 147 Å². The van der Waals surface area contributed by atoms with Gasteiger partial charge >= 0.3 is 14.5 Å². The second-order valence-electron chi connectivity index (χ2n) is 5.96. The number of esters is 1. The summed E-state index contributed by atoms with van der Waals surface area (Å²) >= 11 is 0. The number of aliphatic hydroxyl groups excluding tert-OH is 1. The van der Waals surface area contributed by atoms with E-state index < -0.39 is 14.5 Å². The lowest BCUT2D eigenvalue weighted by molar-refractivity contribution is -0.139. The van der Waals surface area contributed by atoms with Crippen molar-refractivity contribution in [2.75, 3.05) is 34.5 Å². The van der Waals surface area contributed by atoms with Gasteiger partial charge < -0.3 is 23.4 Å². The quantitative estimate of drug-likeness (QED) is 0.406. The van der Waals surface area contributed by atoms with Gasteiger partial charge in [-0.2, -0.15) is 0 Å². The minimum absolute atomic E-state index is 0.0473. The van der Waals surface area contributed by atoms with Crippen molar-refractivity contribution >= 4 is 14.5 Å². The number of hydrogen-bond donors (Lipinski definition) is 1. The van der Waals surface area contributed by atoms with E-state index in [4.69, 9.17) is 18.7 Å². The summed E-state index contributed by atoms with van der Waals surface area (Å²) in [6, 6.07) is 1.06. The molecule has 1 aliphatic rings. The smallest absolute Gasteiger partial charge is 0.370 e. The molecule has 1 atom stereocenters. The molecule has 0 saturated carbocycles. The Hall–Kier alpha value is -0.733. The minimum Gasteiger partial charge on any atom is -0.460 e. The number of aliphatic hydroxyl groups is 1. The molecular formula is C17H34O6Si. The molecule has 24 heavy (non-hydrogen) atoms. The molecule has 0 aromatic carbocycles. The molecule has 1 aliphatic heterocycles. The highest BCUT2D eigenvalue weighted by atomic mass is 28.4. The normalized spacial score (nSPS) is 22.2. The SMILES string of the molecule is C=C(C)C(=O)OCCO.CCCC1(OC)CCCC[Si]1(OC)OC. The molecule has 1 unspecified atom stereocenters. The van der Waals surface area contributed by atoms with E-state index in [0.29, 0.717) is 5.57 Å². The highest BCUT2D eigenvalue weighted by Crippen LogP contribution is 2.42. The minimum atomic E-state index is -2.15. The predicted molar refractivity (Wildman–Crippen MR) is 95.9 cm³/mol. The van der Waals surface area contributed by atoms with Gasteiger partial charge in [-0.15, -0.1) is 0 Å². The molecule has 1 fully saturated rings. The average Bonchev–Trinajstić information content (AvgIpc) is 2.60. The van der Waals surface area contributed by atoms with Crippen molar-refractivity contribution in [3.05, 3.63) is 12.2 Å². The summed E-state index contributed by atoms with van der Waals surface area (Å²) < 4.78 is 21.9.